The molecule has 60 valence electrons. The van der Waals surface area contributed by atoms with Crippen LogP contribution in [0.4, 0.5) is 4.79 Å². The van der Waals surface area contributed by atoms with Gasteiger partial charge in [-0.3, -0.25) is 9.59 Å². The molecule has 0 saturated heterocycles. The van der Waals surface area contributed by atoms with E-state index < -0.39 is 16.0 Å². The second-order valence-corrected chi connectivity index (χ2v) is 3.60. The highest BCUT2D eigenvalue weighted by atomic mass is 32.2. The molecule has 1 aliphatic carbocycles. The van der Waals surface area contributed by atoms with Gasteiger partial charge in [0.1, 0.15) is 10.8 Å². The minimum absolute atomic E-state index is 0.229. The lowest BCUT2D eigenvalue weighted by Gasteiger charge is -1.98. The van der Waals surface area contributed by atoms with Crippen molar-refractivity contribution in [2.24, 2.45) is 4.99 Å². The van der Waals surface area contributed by atoms with Gasteiger partial charge >= 0.3 is 5.24 Å². The zero-order valence-corrected chi connectivity index (χ0v) is 6.63. The van der Waals surface area contributed by atoms with Gasteiger partial charge in [-0.2, -0.15) is 0 Å². The monoisotopic (exact) mass is 181 g/mol. The number of amides is 1. The zero-order valence-electron chi connectivity index (χ0n) is 5.81. The van der Waals surface area contributed by atoms with Gasteiger partial charge in [0.25, 0.3) is 0 Å². The highest BCUT2D eigenvalue weighted by Gasteiger charge is 2.29. The van der Waals surface area contributed by atoms with Crippen molar-refractivity contribution in [1.82, 2.24) is 0 Å². The van der Waals surface area contributed by atoms with Crippen molar-refractivity contribution >= 4 is 27.5 Å². The Hall–Kier alpha value is -1.36. The van der Waals surface area contributed by atoms with E-state index in [-0.39, 0.29) is 10.7 Å². The average molecular weight is 181 g/mol. The molecule has 1 aliphatic heterocycles. The molecule has 2 rings (SSSR count). The summed E-state index contributed by atoms with van der Waals surface area (Å²) in [4.78, 5) is 25.3. The number of carbonyl (C=O) groups is 2. The van der Waals surface area contributed by atoms with E-state index in [2.05, 4.69) is 4.99 Å². The molecular formula is C7H3NO3S. The molecule has 4 nitrogen and oxygen atoms in total. The molecule has 1 amide bonds. The normalized spacial score (nSPS) is 26.8. The average Bonchev–Trinajstić information content (AvgIpc) is 2.31. The van der Waals surface area contributed by atoms with Crippen molar-refractivity contribution in [3.05, 3.63) is 23.1 Å². The quantitative estimate of drug-likeness (QED) is 0.506. The highest BCUT2D eigenvalue weighted by molar-refractivity contribution is 8.05. The molecule has 0 aromatic heterocycles. The molecule has 5 heteroatoms. The van der Waals surface area contributed by atoms with Crippen molar-refractivity contribution < 1.29 is 13.8 Å². The van der Waals surface area contributed by atoms with Gasteiger partial charge in [0.15, 0.2) is 5.78 Å². The van der Waals surface area contributed by atoms with Gasteiger partial charge in [-0.05, 0) is 12.2 Å². The molecule has 0 fully saturated rings. The van der Waals surface area contributed by atoms with Crippen LogP contribution in [0.25, 0.3) is 0 Å². The van der Waals surface area contributed by atoms with Crippen LogP contribution in [-0.4, -0.2) is 20.9 Å². The van der Waals surface area contributed by atoms with Crippen molar-refractivity contribution in [3.8, 4) is 0 Å². The first kappa shape index (κ1) is 7.30. The lowest BCUT2D eigenvalue weighted by atomic mass is 10.1. The topological polar surface area (TPSA) is 63.6 Å². The van der Waals surface area contributed by atoms with Gasteiger partial charge in [-0.1, -0.05) is 0 Å². The zero-order chi connectivity index (χ0) is 8.72. The number of aliphatic imine (C=N–C) groups is 1. The minimum atomic E-state index is -1.76. The maximum Gasteiger partial charge on any atom is 0.340 e. The minimum Gasteiger partial charge on any atom is -0.290 e. The largest absolute Gasteiger partial charge is 0.340 e. The predicted octanol–water partition coefficient (Wildman–Crippen LogP) is 0.332. The SMILES string of the molecule is O=C1C=CC2=NC(=O)S(=O)C2=C1. The maximum atomic E-state index is 11.1. The smallest absolute Gasteiger partial charge is 0.290 e. The van der Waals surface area contributed by atoms with Crippen molar-refractivity contribution in [1.29, 1.82) is 0 Å². The first-order valence-electron chi connectivity index (χ1n) is 3.17. The molecule has 0 saturated carbocycles. The number of hydrogen-bond acceptors (Lipinski definition) is 3. The molecule has 2 aliphatic rings. The van der Waals surface area contributed by atoms with Crippen LogP contribution in [0.3, 0.4) is 0 Å². The van der Waals surface area contributed by atoms with E-state index in [9.17, 15) is 13.8 Å². The Labute approximate surface area is 70.1 Å². The number of hydrogen-bond donors (Lipinski definition) is 0. The van der Waals surface area contributed by atoms with Gasteiger partial charge in [0.05, 0.1) is 10.6 Å². The number of nitrogens with zero attached hydrogens (tertiary/aromatic N) is 1. The Morgan fingerprint density at radius 2 is 2.00 bits per heavy atom. The molecule has 0 radical (unpaired) electrons. The summed E-state index contributed by atoms with van der Waals surface area (Å²) in [5.41, 5.74) is 0.345. The number of ketones is 1. The summed E-state index contributed by atoms with van der Waals surface area (Å²) < 4.78 is 11.1. The first-order valence-corrected chi connectivity index (χ1v) is 4.32. The Bertz CT molecular complexity index is 403. The van der Waals surface area contributed by atoms with Crippen molar-refractivity contribution in [2.45, 2.75) is 0 Å². The lowest BCUT2D eigenvalue weighted by molar-refractivity contribution is -0.110. The van der Waals surface area contributed by atoms with Crippen LogP contribution in [0.2, 0.25) is 0 Å². The summed E-state index contributed by atoms with van der Waals surface area (Å²) in [7, 11) is -1.76. The molecule has 12 heavy (non-hydrogen) atoms. The Morgan fingerprint density at radius 1 is 1.25 bits per heavy atom. The van der Waals surface area contributed by atoms with E-state index in [1.807, 2.05) is 0 Å². The second-order valence-electron chi connectivity index (χ2n) is 2.28. The van der Waals surface area contributed by atoms with Gasteiger partial charge in [0, 0.05) is 6.08 Å². The molecule has 0 spiro atoms. The molecule has 1 unspecified atom stereocenters. The van der Waals surface area contributed by atoms with Crippen LogP contribution in [-0.2, 0) is 15.6 Å². The molecule has 0 bridgehead atoms. The van der Waals surface area contributed by atoms with Gasteiger partial charge < -0.3 is 0 Å². The number of fused-ring (bicyclic) bond motifs is 1. The number of rotatable bonds is 0. The van der Waals surface area contributed by atoms with Crippen LogP contribution in [0, 0.1) is 0 Å². The van der Waals surface area contributed by atoms with Crippen LogP contribution >= 0.6 is 0 Å². The third kappa shape index (κ3) is 0.902. The molecule has 1 heterocycles. The third-order valence-electron chi connectivity index (χ3n) is 1.50. The molecule has 0 aromatic rings. The third-order valence-corrected chi connectivity index (χ3v) is 2.64. The van der Waals surface area contributed by atoms with E-state index in [1.165, 1.54) is 18.2 Å². The van der Waals surface area contributed by atoms with E-state index in [0.29, 0.717) is 5.71 Å². The molecule has 0 N–H and O–H groups in total. The molecular weight excluding hydrogens is 178 g/mol. The summed E-state index contributed by atoms with van der Waals surface area (Å²) in [5, 5.41) is -0.685. The summed E-state index contributed by atoms with van der Waals surface area (Å²) in [6, 6.07) is 0. The Morgan fingerprint density at radius 3 is 2.75 bits per heavy atom. The van der Waals surface area contributed by atoms with Crippen LogP contribution in [0.1, 0.15) is 0 Å². The Balaban J connectivity index is 2.57. The van der Waals surface area contributed by atoms with E-state index in [0.717, 1.165) is 0 Å². The van der Waals surface area contributed by atoms with Gasteiger partial charge in [-0.25, -0.2) is 9.20 Å². The van der Waals surface area contributed by atoms with Gasteiger partial charge in [-0.15, -0.1) is 0 Å². The van der Waals surface area contributed by atoms with Crippen LogP contribution in [0.15, 0.2) is 28.1 Å². The maximum absolute atomic E-state index is 11.1. The fraction of sp³-hybridized carbons (Fsp3) is 0. The van der Waals surface area contributed by atoms with Crippen LogP contribution < -0.4 is 0 Å². The van der Waals surface area contributed by atoms with E-state index in [1.54, 1.807) is 0 Å². The predicted molar refractivity (Wildman–Crippen MR) is 43.2 cm³/mol. The summed E-state index contributed by atoms with van der Waals surface area (Å²) in [5.74, 6) is -0.257. The van der Waals surface area contributed by atoms with E-state index >= 15 is 0 Å². The number of allylic oxidation sites excluding steroid dienone is 4. The first-order chi connectivity index (χ1) is 5.68. The lowest BCUT2D eigenvalue weighted by Crippen LogP contribution is -2.07. The van der Waals surface area contributed by atoms with Gasteiger partial charge in [0.2, 0.25) is 0 Å². The summed E-state index contributed by atoms with van der Waals surface area (Å²) in [6.07, 6.45) is 3.87. The summed E-state index contributed by atoms with van der Waals surface area (Å²) in [6.45, 7) is 0. The van der Waals surface area contributed by atoms with Crippen molar-refractivity contribution in [2.75, 3.05) is 0 Å². The number of carbonyl (C=O) groups excluding carboxylic acids is 2. The fourth-order valence-corrected chi connectivity index (χ4v) is 1.87. The summed E-state index contributed by atoms with van der Waals surface area (Å²) >= 11 is 0. The fourth-order valence-electron chi connectivity index (χ4n) is 0.969. The van der Waals surface area contributed by atoms with Crippen molar-refractivity contribution in [3.63, 3.8) is 0 Å². The molecule has 0 aromatic carbocycles. The highest BCUT2D eigenvalue weighted by Crippen LogP contribution is 2.19. The standard InChI is InChI=1S/C7H3NO3S/c9-4-1-2-5-6(3-4)12(11)7(10)8-5/h1-3H. The van der Waals surface area contributed by atoms with Crippen LogP contribution in [0.5, 0.6) is 0 Å². The Kier molecular flexibility index (Phi) is 1.41. The second kappa shape index (κ2) is 2.31. The molecule has 1 atom stereocenters. The van der Waals surface area contributed by atoms with E-state index in [4.69, 9.17) is 0 Å².